The van der Waals surface area contributed by atoms with Crippen LogP contribution in [0.4, 0.5) is 5.69 Å². The van der Waals surface area contributed by atoms with Crippen LogP contribution in [-0.2, 0) is 4.79 Å². The molecule has 2 N–H and O–H groups in total. The highest BCUT2D eigenvalue weighted by atomic mass is 16.2. The van der Waals surface area contributed by atoms with Crippen LogP contribution in [0, 0.1) is 5.92 Å². The number of para-hydroxylation sites is 1. The van der Waals surface area contributed by atoms with Crippen LogP contribution in [0.5, 0.6) is 0 Å². The molecular weight excluding hydrogens is 316 g/mol. The molecule has 6 nitrogen and oxygen atoms in total. The van der Waals surface area contributed by atoms with Crippen LogP contribution in [0.25, 0.3) is 0 Å². The summed E-state index contributed by atoms with van der Waals surface area (Å²) in [4.78, 5) is 28.9. The summed E-state index contributed by atoms with van der Waals surface area (Å²) in [6.07, 6.45) is 2.86. The van der Waals surface area contributed by atoms with E-state index in [-0.39, 0.29) is 17.7 Å². The summed E-state index contributed by atoms with van der Waals surface area (Å²) in [6.45, 7) is 5.89. The van der Waals surface area contributed by atoms with Crippen molar-refractivity contribution >= 4 is 17.5 Å². The van der Waals surface area contributed by atoms with Crippen molar-refractivity contribution in [1.29, 1.82) is 0 Å². The molecular formula is C19H28N4O2. The van der Waals surface area contributed by atoms with Gasteiger partial charge in [-0.25, -0.2) is 0 Å². The standard InChI is InChI=1S/C19H28N4O2/c1-22(19(25)15-7-8-15)17-6-3-2-5-16(17)18(24)21-9-4-12-23-13-10-20-11-14-23/h2-3,5-6,15,20H,4,7-14H2,1H3,(H,21,24). The molecule has 0 radical (unpaired) electrons. The summed E-state index contributed by atoms with van der Waals surface area (Å²) in [5.41, 5.74) is 1.26. The van der Waals surface area contributed by atoms with Crippen molar-refractivity contribution in [3.8, 4) is 0 Å². The number of anilines is 1. The molecule has 1 aromatic carbocycles. The van der Waals surface area contributed by atoms with Crippen LogP contribution in [-0.4, -0.2) is 63.0 Å². The maximum atomic E-state index is 12.6. The Kier molecular flexibility index (Phi) is 6.04. The Bertz CT molecular complexity index is 609. The molecule has 0 aromatic heterocycles. The van der Waals surface area contributed by atoms with E-state index in [4.69, 9.17) is 0 Å². The molecule has 0 atom stereocenters. The molecule has 0 unspecified atom stereocenters. The first-order valence-electron chi connectivity index (χ1n) is 9.24. The molecule has 1 saturated carbocycles. The zero-order valence-electron chi connectivity index (χ0n) is 15.0. The lowest BCUT2D eigenvalue weighted by atomic mass is 10.1. The smallest absolute Gasteiger partial charge is 0.253 e. The fourth-order valence-corrected chi connectivity index (χ4v) is 3.22. The minimum atomic E-state index is -0.105. The van der Waals surface area contributed by atoms with E-state index < -0.39 is 0 Å². The van der Waals surface area contributed by atoms with Gasteiger partial charge in [0.2, 0.25) is 5.91 Å². The van der Waals surface area contributed by atoms with Gasteiger partial charge in [-0.15, -0.1) is 0 Å². The minimum Gasteiger partial charge on any atom is -0.352 e. The molecule has 1 aliphatic heterocycles. The summed E-state index contributed by atoms with van der Waals surface area (Å²) >= 11 is 0. The monoisotopic (exact) mass is 344 g/mol. The summed E-state index contributed by atoms with van der Waals surface area (Å²) in [5, 5.41) is 6.34. The van der Waals surface area contributed by atoms with E-state index in [1.807, 2.05) is 18.2 Å². The Balaban J connectivity index is 1.52. The predicted octanol–water partition coefficient (Wildman–Crippen LogP) is 1.08. The van der Waals surface area contributed by atoms with Crippen molar-refractivity contribution in [1.82, 2.24) is 15.5 Å². The summed E-state index contributed by atoms with van der Waals surface area (Å²) in [5.74, 6) is 0.144. The van der Waals surface area contributed by atoms with Gasteiger partial charge in [0.05, 0.1) is 11.3 Å². The number of carbonyl (C=O) groups is 2. The highest BCUT2D eigenvalue weighted by molar-refractivity contribution is 6.05. The van der Waals surface area contributed by atoms with Crippen LogP contribution in [0.15, 0.2) is 24.3 Å². The van der Waals surface area contributed by atoms with E-state index in [1.54, 1.807) is 18.0 Å². The van der Waals surface area contributed by atoms with Gasteiger partial charge in [-0.3, -0.25) is 9.59 Å². The third-order valence-electron chi connectivity index (χ3n) is 4.91. The maximum absolute atomic E-state index is 12.6. The van der Waals surface area contributed by atoms with E-state index in [0.29, 0.717) is 17.8 Å². The lowest BCUT2D eigenvalue weighted by Gasteiger charge is -2.27. The maximum Gasteiger partial charge on any atom is 0.253 e. The van der Waals surface area contributed by atoms with E-state index >= 15 is 0 Å². The number of hydrogen-bond donors (Lipinski definition) is 2. The van der Waals surface area contributed by atoms with Gasteiger partial charge in [0, 0.05) is 45.7 Å². The largest absolute Gasteiger partial charge is 0.352 e. The fourth-order valence-electron chi connectivity index (χ4n) is 3.22. The minimum absolute atomic E-state index is 0.105. The number of nitrogens with zero attached hydrogens (tertiary/aromatic N) is 2. The second-order valence-electron chi connectivity index (χ2n) is 6.89. The molecule has 0 bridgehead atoms. The zero-order chi connectivity index (χ0) is 17.6. The third-order valence-corrected chi connectivity index (χ3v) is 4.91. The number of hydrogen-bond acceptors (Lipinski definition) is 4. The van der Waals surface area contributed by atoms with E-state index in [9.17, 15) is 9.59 Å². The number of piperazine rings is 1. The summed E-state index contributed by atoms with van der Waals surface area (Å²) in [6, 6.07) is 7.34. The Labute approximate surface area is 149 Å². The lowest BCUT2D eigenvalue weighted by Crippen LogP contribution is -2.44. The van der Waals surface area contributed by atoms with Crippen molar-refractivity contribution < 1.29 is 9.59 Å². The van der Waals surface area contributed by atoms with Gasteiger partial charge in [0.25, 0.3) is 5.91 Å². The Morgan fingerprint density at radius 2 is 1.96 bits per heavy atom. The molecule has 1 aliphatic carbocycles. The summed E-state index contributed by atoms with van der Waals surface area (Å²) in [7, 11) is 1.76. The lowest BCUT2D eigenvalue weighted by molar-refractivity contribution is -0.119. The van der Waals surface area contributed by atoms with E-state index in [1.165, 1.54) is 0 Å². The average molecular weight is 344 g/mol. The van der Waals surface area contributed by atoms with Crippen molar-refractivity contribution in [2.45, 2.75) is 19.3 Å². The first-order chi connectivity index (χ1) is 12.2. The van der Waals surface area contributed by atoms with Crippen LogP contribution < -0.4 is 15.5 Å². The molecule has 1 saturated heterocycles. The van der Waals surface area contributed by atoms with Crippen LogP contribution in [0.1, 0.15) is 29.6 Å². The molecule has 1 aromatic rings. The fraction of sp³-hybridized carbons (Fsp3) is 0.579. The van der Waals surface area contributed by atoms with Crippen molar-refractivity contribution in [2.75, 3.05) is 51.2 Å². The normalized spacial score (nSPS) is 18.0. The van der Waals surface area contributed by atoms with Crippen molar-refractivity contribution in [3.63, 3.8) is 0 Å². The van der Waals surface area contributed by atoms with Gasteiger partial charge in [0.15, 0.2) is 0 Å². The zero-order valence-corrected chi connectivity index (χ0v) is 15.0. The predicted molar refractivity (Wildman–Crippen MR) is 98.8 cm³/mol. The van der Waals surface area contributed by atoms with Gasteiger partial charge in [-0.2, -0.15) is 0 Å². The van der Waals surface area contributed by atoms with Crippen molar-refractivity contribution in [2.24, 2.45) is 5.92 Å². The topological polar surface area (TPSA) is 64.7 Å². The molecule has 25 heavy (non-hydrogen) atoms. The van der Waals surface area contributed by atoms with Crippen molar-refractivity contribution in [3.05, 3.63) is 29.8 Å². The molecule has 2 amide bonds. The molecule has 1 heterocycles. The second kappa shape index (κ2) is 8.45. The molecule has 3 rings (SSSR count). The molecule has 2 aliphatic rings. The SMILES string of the molecule is CN(C(=O)C1CC1)c1ccccc1C(=O)NCCCN1CCNCC1. The van der Waals surface area contributed by atoms with E-state index in [0.717, 1.165) is 52.0 Å². The van der Waals surface area contributed by atoms with Gasteiger partial charge in [0.1, 0.15) is 0 Å². The third kappa shape index (κ3) is 4.80. The molecule has 2 fully saturated rings. The van der Waals surface area contributed by atoms with Gasteiger partial charge < -0.3 is 20.4 Å². The Morgan fingerprint density at radius 3 is 2.68 bits per heavy atom. The number of nitrogens with one attached hydrogen (secondary N) is 2. The van der Waals surface area contributed by atoms with Crippen LogP contribution >= 0.6 is 0 Å². The quantitative estimate of drug-likeness (QED) is 0.727. The summed E-state index contributed by atoms with van der Waals surface area (Å²) < 4.78 is 0. The molecule has 0 spiro atoms. The van der Waals surface area contributed by atoms with Gasteiger partial charge in [-0.05, 0) is 37.9 Å². The van der Waals surface area contributed by atoms with Gasteiger partial charge >= 0.3 is 0 Å². The van der Waals surface area contributed by atoms with Crippen LogP contribution in [0.2, 0.25) is 0 Å². The molecule has 6 heteroatoms. The number of rotatable bonds is 7. The Hall–Kier alpha value is -1.92. The molecule has 136 valence electrons. The first-order valence-corrected chi connectivity index (χ1v) is 9.24. The average Bonchev–Trinajstić information content (AvgIpc) is 3.50. The van der Waals surface area contributed by atoms with Crippen LogP contribution in [0.3, 0.4) is 0 Å². The highest BCUT2D eigenvalue weighted by Crippen LogP contribution is 2.33. The van der Waals surface area contributed by atoms with Gasteiger partial charge in [-0.1, -0.05) is 12.1 Å². The number of amides is 2. The number of carbonyl (C=O) groups excluding carboxylic acids is 2. The highest BCUT2D eigenvalue weighted by Gasteiger charge is 2.33. The second-order valence-corrected chi connectivity index (χ2v) is 6.89. The van der Waals surface area contributed by atoms with E-state index in [2.05, 4.69) is 15.5 Å². The Morgan fingerprint density at radius 1 is 1.24 bits per heavy atom. The number of benzene rings is 1. The first kappa shape index (κ1) is 17.9.